The normalized spacial score (nSPS) is 11.1. The summed E-state index contributed by atoms with van der Waals surface area (Å²) < 4.78 is 0. The number of hydrogen-bond acceptors (Lipinski definition) is 4. The van der Waals surface area contributed by atoms with Crippen molar-refractivity contribution in [1.29, 1.82) is 0 Å². The Morgan fingerprint density at radius 3 is 2.79 bits per heavy atom. The van der Waals surface area contributed by atoms with Gasteiger partial charge in [-0.3, -0.25) is 0 Å². The number of hydrogen-bond donors (Lipinski definition) is 2. The maximum Gasteiger partial charge on any atom is 0.0798 e. The fraction of sp³-hybridized carbons (Fsp3) is 0.700. The molecule has 0 bridgehead atoms. The van der Waals surface area contributed by atoms with Crippen molar-refractivity contribution in [2.45, 2.75) is 33.4 Å². The molecule has 0 atom stereocenters. The summed E-state index contributed by atoms with van der Waals surface area (Å²) in [6.07, 6.45) is 0. The maximum absolute atomic E-state index is 4.21. The summed E-state index contributed by atoms with van der Waals surface area (Å²) in [5.41, 5.74) is 3.05. The van der Waals surface area contributed by atoms with Crippen LogP contribution in [0.4, 0.5) is 0 Å². The van der Waals surface area contributed by atoms with E-state index in [9.17, 15) is 0 Å². The van der Waals surface area contributed by atoms with Crippen LogP contribution in [-0.2, 0) is 6.54 Å². The van der Waals surface area contributed by atoms with Crippen LogP contribution < -0.4 is 10.6 Å². The molecule has 0 aliphatic rings. The summed E-state index contributed by atoms with van der Waals surface area (Å²) in [6.45, 7) is 9.35. The average molecular weight is 213 g/mol. The van der Waals surface area contributed by atoms with Gasteiger partial charge in [-0.05, 0) is 6.92 Å². The van der Waals surface area contributed by atoms with E-state index in [0.29, 0.717) is 6.04 Å². The molecular formula is C10H19N3S. The van der Waals surface area contributed by atoms with Crippen LogP contribution in [0, 0.1) is 6.92 Å². The van der Waals surface area contributed by atoms with Gasteiger partial charge in [-0.2, -0.15) is 0 Å². The van der Waals surface area contributed by atoms with Gasteiger partial charge in [0.05, 0.1) is 11.2 Å². The van der Waals surface area contributed by atoms with Crippen molar-refractivity contribution in [3.05, 3.63) is 16.1 Å². The van der Waals surface area contributed by atoms with Crippen LogP contribution in [0.5, 0.6) is 0 Å². The minimum atomic E-state index is 0.571. The summed E-state index contributed by atoms with van der Waals surface area (Å²) >= 11 is 1.72. The highest BCUT2D eigenvalue weighted by Crippen LogP contribution is 2.10. The lowest BCUT2D eigenvalue weighted by Crippen LogP contribution is -2.31. The highest BCUT2D eigenvalue weighted by molar-refractivity contribution is 7.09. The molecule has 0 fully saturated rings. The molecule has 0 amide bonds. The highest BCUT2D eigenvalue weighted by Gasteiger charge is 1.99. The fourth-order valence-corrected chi connectivity index (χ4v) is 1.89. The molecule has 4 heteroatoms. The molecule has 0 unspecified atom stereocenters. The van der Waals surface area contributed by atoms with Crippen molar-refractivity contribution >= 4 is 11.3 Å². The number of nitrogens with one attached hydrogen (secondary N) is 2. The molecule has 0 radical (unpaired) electrons. The zero-order valence-corrected chi connectivity index (χ0v) is 9.95. The molecule has 0 saturated heterocycles. The highest BCUT2D eigenvalue weighted by atomic mass is 32.1. The van der Waals surface area contributed by atoms with E-state index in [2.05, 4.69) is 36.4 Å². The number of aromatic nitrogens is 1. The van der Waals surface area contributed by atoms with Gasteiger partial charge in [-0.15, -0.1) is 11.3 Å². The predicted molar refractivity (Wildman–Crippen MR) is 61.7 cm³/mol. The molecule has 0 spiro atoms. The molecule has 0 saturated carbocycles. The number of rotatable bonds is 6. The zero-order chi connectivity index (χ0) is 10.4. The Hall–Kier alpha value is -0.450. The lowest BCUT2D eigenvalue weighted by atomic mass is 10.4. The summed E-state index contributed by atoms with van der Waals surface area (Å²) in [6, 6.07) is 0.571. The second-order valence-electron chi connectivity index (χ2n) is 3.65. The van der Waals surface area contributed by atoms with Crippen molar-refractivity contribution < 1.29 is 0 Å². The van der Waals surface area contributed by atoms with Crippen molar-refractivity contribution in [2.75, 3.05) is 13.1 Å². The summed E-state index contributed by atoms with van der Waals surface area (Å²) in [4.78, 5) is 5.55. The van der Waals surface area contributed by atoms with Crippen LogP contribution in [0.15, 0.2) is 5.51 Å². The third kappa shape index (κ3) is 4.17. The first-order chi connectivity index (χ1) is 6.70. The molecule has 1 aromatic heterocycles. The first-order valence-corrected chi connectivity index (χ1v) is 5.91. The molecule has 3 nitrogen and oxygen atoms in total. The van der Waals surface area contributed by atoms with Gasteiger partial charge in [0.25, 0.3) is 0 Å². The van der Waals surface area contributed by atoms with Gasteiger partial charge in [0, 0.05) is 30.6 Å². The van der Waals surface area contributed by atoms with Gasteiger partial charge in [0.2, 0.25) is 0 Å². The van der Waals surface area contributed by atoms with Crippen molar-refractivity contribution in [3.8, 4) is 0 Å². The van der Waals surface area contributed by atoms with Gasteiger partial charge in [0.1, 0.15) is 0 Å². The van der Waals surface area contributed by atoms with Crippen LogP contribution in [0.1, 0.15) is 24.4 Å². The molecule has 80 valence electrons. The molecule has 14 heavy (non-hydrogen) atoms. The van der Waals surface area contributed by atoms with Crippen LogP contribution in [0.2, 0.25) is 0 Å². The fourth-order valence-electron chi connectivity index (χ4n) is 1.15. The van der Waals surface area contributed by atoms with Crippen LogP contribution >= 0.6 is 11.3 Å². The van der Waals surface area contributed by atoms with Gasteiger partial charge in [0.15, 0.2) is 0 Å². The van der Waals surface area contributed by atoms with Gasteiger partial charge in [-0.1, -0.05) is 13.8 Å². The van der Waals surface area contributed by atoms with Crippen molar-refractivity contribution in [3.63, 3.8) is 0 Å². The van der Waals surface area contributed by atoms with E-state index in [4.69, 9.17) is 0 Å². The summed E-state index contributed by atoms with van der Waals surface area (Å²) in [5, 5.41) is 6.76. The van der Waals surface area contributed by atoms with E-state index < -0.39 is 0 Å². The Bertz CT molecular complexity index is 258. The zero-order valence-electron chi connectivity index (χ0n) is 9.13. The second-order valence-corrected chi connectivity index (χ2v) is 4.59. The predicted octanol–water partition coefficient (Wildman–Crippen LogP) is 1.54. The van der Waals surface area contributed by atoms with E-state index in [1.165, 1.54) is 4.88 Å². The lowest BCUT2D eigenvalue weighted by Gasteiger charge is -2.08. The molecule has 0 aliphatic heterocycles. The Morgan fingerprint density at radius 1 is 1.43 bits per heavy atom. The van der Waals surface area contributed by atoms with Gasteiger partial charge < -0.3 is 10.6 Å². The quantitative estimate of drug-likeness (QED) is 0.704. The van der Waals surface area contributed by atoms with Crippen LogP contribution in [-0.4, -0.2) is 24.1 Å². The lowest BCUT2D eigenvalue weighted by molar-refractivity contribution is 0.556. The third-order valence-corrected chi connectivity index (χ3v) is 2.92. The van der Waals surface area contributed by atoms with Crippen LogP contribution in [0.25, 0.3) is 0 Å². The maximum atomic E-state index is 4.21. The van der Waals surface area contributed by atoms with Gasteiger partial charge >= 0.3 is 0 Å². The van der Waals surface area contributed by atoms with Crippen molar-refractivity contribution in [1.82, 2.24) is 15.6 Å². The standard InChI is InChI=1S/C10H19N3S/c1-8(2)12-5-4-11-6-10-9(3)13-7-14-10/h7-8,11-12H,4-6H2,1-3H3. The Labute approximate surface area is 89.9 Å². The van der Waals surface area contributed by atoms with E-state index in [-0.39, 0.29) is 0 Å². The number of nitrogens with zero attached hydrogens (tertiary/aromatic N) is 1. The first-order valence-electron chi connectivity index (χ1n) is 5.03. The Morgan fingerprint density at radius 2 is 2.21 bits per heavy atom. The van der Waals surface area contributed by atoms with Crippen LogP contribution in [0.3, 0.4) is 0 Å². The number of thiazole rings is 1. The molecule has 0 aromatic carbocycles. The van der Waals surface area contributed by atoms with E-state index in [1.54, 1.807) is 11.3 Å². The van der Waals surface area contributed by atoms with E-state index in [0.717, 1.165) is 25.3 Å². The largest absolute Gasteiger partial charge is 0.313 e. The smallest absolute Gasteiger partial charge is 0.0798 e. The minimum Gasteiger partial charge on any atom is -0.313 e. The molecule has 1 heterocycles. The summed E-state index contributed by atoms with van der Waals surface area (Å²) in [5.74, 6) is 0. The third-order valence-electron chi connectivity index (χ3n) is 1.98. The summed E-state index contributed by atoms with van der Waals surface area (Å²) in [7, 11) is 0. The number of aryl methyl sites for hydroxylation is 1. The average Bonchev–Trinajstić information content (AvgIpc) is 2.51. The van der Waals surface area contributed by atoms with Gasteiger partial charge in [-0.25, -0.2) is 4.98 Å². The second kappa shape index (κ2) is 6.11. The van der Waals surface area contributed by atoms with E-state index >= 15 is 0 Å². The monoisotopic (exact) mass is 213 g/mol. The molecule has 1 aromatic rings. The SMILES string of the molecule is Cc1ncsc1CNCCNC(C)C. The Kier molecular flexibility index (Phi) is 5.07. The first kappa shape index (κ1) is 11.6. The Balaban J connectivity index is 2.08. The minimum absolute atomic E-state index is 0.571. The van der Waals surface area contributed by atoms with Crippen molar-refractivity contribution in [2.24, 2.45) is 0 Å². The molecule has 2 N–H and O–H groups in total. The topological polar surface area (TPSA) is 37.0 Å². The molecular weight excluding hydrogens is 194 g/mol. The van der Waals surface area contributed by atoms with E-state index in [1.807, 2.05) is 5.51 Å². The molecule has 1 rings (SSSR count). The molecule has 0 aliphatic carbocycles.